The summed E-state index contributed by atoms with van der Waals surface area (Å²) in [6.45, 7) is 3.23. The lowest BCUT2D eigenvalue weighted by Crippen LogP contribution is -2.52. The maximum Gasteiger partial charge on any atom is 0.333 e. The Morgan fingerprint density at radius 2 is 1.46 bits per heavy atom. The fourth-order valence-electron chi connectivity index (χ4n) is 3.42. The van der Waals surface area contributed by atoms with E-state index in [-0.39, 0.29) is 17.1 Å². The number of carbonyl (C=O) groups excluding carboxylic acids is 5. The van der Waals surface area contributed by atoms with Crippen molar-refractivity contribution in [2.24, 2.45) is 5.16 Å². The van der Waals surface area contributed by atoms with Crippen LogP contribution in [-0.2, 0) is 19.2 Å². The van der Waals surface area contributed by atoms with Gasteiger partial charge in [0, 0.05) is 36.4 Å². The second-order valence-corrected chi connectivity index (χ2v) is 9.46. The van der Waals surface area contributed by atoms with Crippen LogP contribution < -0.4 is 0 Å². The predicted octanol–water partition coefficient (Wildman–Crippen LogP) is 4.56. The summed E-state index contributed by atoms with van der Waals surface area (Å²) < 4.78 is 0. The van der Waals surface area contributed by atoms with Gasteiger partial charge in [-0.2, -0.15) is 0 Å². The predicted molar refractivity (Wildman–Crippen MR) is 139 cm³/mol. The Balaban J connectivity index is 1.70. The van der Waals surface area contributed by atoms with Crippen LogP contribution in [0.4, 0.5) is 4.79 Å². The highest BCUT2D eigenvalue weighted by Crippen LogP contribution is 2.29. The van der Waals surface area contributed by atoms with Crippen molar-refractivity contribution in [1.29, 1.82) is 0 Å². The fourth-order valence-corrected chi connectivity index (χ4v) is 4.23. The maximum atomic E-state index is 12.8. The molecule has 0 atom stereocenters. The molecule has 0 saturated carbocycles. The molecule has 0 radical (unpaired) electrons. The molecule has 37 heavy (non-hydrogen) atoms. The Labute approximate surface area is 219 Å². The van der Waals surface area contributed by atoms with E-state index in [1.54, 1.807) is 24.3 Å². The third-order valence-corrected chi connectivity index (χ3v) is 6.52. The summed E-state index contributed by atoms with van der Waals surface area (Å²) in [5, 5.41) is 3.74. The summed E-state index contributed by atoms with van der Waals surface area (Å²) in [4.78, 5) is 68.9. The van der Waals surface area contributed by atoms with Gasteiger partial charge in [0.2, 0.25) is 5.78 Å². The van der Waals surface area contributed by atoms with Crippen molar-refractivity contribution in [3.63, 3.8) is 0 Å². The molecule has 192 valence electrons. The van der Waals surface area contributed by atoms with E-state index in [4.69, 9.17) is 4.84 Å². The number of likely N-dealkylation sites (N-methyl/N-ethyl adjacent to an activating group) is 2. The van der Waals surface area contributed by atoms with Crippen LogP contribution in [0.5, 0.6) is 0 Å². The van der Waals surface area contributed by atoms with E-state index in [0.29, 0.717) is 17.5 Å². The maximum absolute atomic E-state index is 12.8. The number of hydrogen-bond donors (Lipinski definition) is 0. The molecule has 0 aromatic heterocycles. The molecule has 1 aliphatic rings. The zero-order valence-electron chi connectivity index (χ0n) is 21.0. The van der Waals surface area contributed by atoms with Gasteiger partial charge in [-0.3, -0.25) is 24.2 Å². The molecule has 3 rings (SSSR count). The lowest BCUT2D eigenvalue weighted by Gasteiger charge is -2.28. The molecule has 1 fully saturated rings. The monoisotopic (exact) mass is 521 g/mol. The molecule has 0 bridgehead atoms. The number of ketones is 1. The summed E-state index contributed by atoms with van der Waals surface area (Å²) >= 11 is 1.47. The summed E-state index contributed by atoms with van der Waals surface area (Å²) in [5.41, 5.74) is 1.22. The van der Waals surface area contributed by atoms with E-state index in [2.05, 4.69) is 5.16 Å². The molecule has 1 aliphatic heterocycles. The van der Waals surface area contributed by atoms with Crippen LogP contribution in [0.15, 0.2) is 69.1 Å². The number of hydrogen-bond acceptors (Lipinski definition) is 8. The third-order valence-electron chi connectivity index (χ3n) is 5.50. The Morgan fingerprint density at radius 3 is 1.97 bits per heavy atom. The van der Waals surface area contributed by atoms with Crippen LogP contribution in [0, 0.1) is 0 Å². The Morgan fingerprint density at radius 1 is 0.919 bits per heavy atom. The number of benzene rings is 2. The Bertz CT molecular complexity index is 1260. The van der Waals surface area contributed by atoms with Gasteiger partial charge < -0.3 is 4.84 Å². The minimum Gasteiger partial charge on any atom is -0.318 e. The van der Waals surface area contributed by atoms with Crippen LogP contribution >= 0.6 is 11.8 Å². The number of oxime groups is 1. The molecular weight excluding hydrogens is 494 g/mol. The number of urea groups is 1. The molecule has 0 aliphatic carbocycles. The number of amides is 4. The summed E-state index contributed by atoms with van der Waals surface area (Å²) in [5.74, 6) is -2.15. The minimum atomic E-state index is -0.666. The van der Waals surface area contributed by atoms with Gasteiger partial charge in [0.05, 0.1) is 0 Å². The zero-order chi connectivity index (χ0) is 27.1. The van der Waals surface area contributed by atoms with Crippen LogP contribution in [0.3, 0.4) is 0 Å². The minimum absolute atomic E-state index is 0.0826. The third kappa shape index (κ3) is 6.79. The smallest absolute Gasteiger partial charge is 0.318 e. The van der Waals surface area contributed by atoms with Crippen molar-refractivity contribution in [3.8, 4) is 0 Å². The lowest BCUT2D eigenvalue weighted by molar-refractivity contribution is -0.141. The highest BCUT2D eigenvalue weighted by molar-refractivity contribution is 7.99. The summed E-state index contributed by atoms with van der Waals surface area (Å²) in [6.07, 6.45) is 3.51. The molecule has 2 aromatic carbocycles. The van der Waals surface area contributed by atoms with E-state index in [9.17, 15) is 24.0 Å². The van der Waals surface area contributed by atoms with Crippen molar-refractivity contribution < 1.29 is 28.8 Å². The lowest BCUT2D eigenvalue weighted by atomic mass is 10.0. The van der Waals surface area contributed by atoms with Crippen LogP contribution in [0.2, 0.25) is 0 Å². The molecule has 0 N–H and O–H groups in total. The average molecular weight is 522 g/mol. The average Bonchev–Trinajstić information content (AvgIpc) is 2.90. The van der Waals surface area contributed by atoms with E-state index >= 15 is 0 Å². The van der Waals surface area contributed by atoms with Crippen molar-refractivity contribution in [2.75, 3.05) is 14.1 Å². The van der Waals surface area contributed by atoms with Gasteiger partial charge in [0.1, 0.15) is 11.3 Å². The molecular formula is C27H27N3O6S. The van der Waals surface area contributed by atoms with Gasteiger partial charge in [0.15, 0.2) is 0 Å². The summed E-state index contributed by atoms with van der Waals surface area (Å²) in [6, 6.07) is 13.6. The van der Waals surface area contributed by atoms with E-state index in [1.807, 2.05) is 31.2 Å². The number of barbiturate groups is 1. The summed E-state index contributed by atoms with van der Waals surface area (Å²) in [7, 11) is 2.66. The normalized spacial score (nSPS) is 14.2. The fraction of sp³-hybridized carbons (Fsp3) is 0.259. The van der Waals surface area contributed by atoms with E-state index < -0.39 is 23.8 Å². The second kappa shape index (κ2) is 12.3. The number of nitrogens with zero attached hydrogens (tertiary/aromatic N) is 3. The number of unbranched alkanes of at least 4 members (excludes halogenated alkanes) is 1. The largest absolute Gasteiger partial charge is 0.333 e. The standard InChI is InChI=1S/C27H27N3O6S/c1-5-6-7-23(28-36-17(2)31)24(32)19-10-14-21(15-11-19)37-20-12-8-18(9-13-20)16-22-25(33)29(3)27(35)30(4)26(22)34/h8-16H,5-7H2,1-4H3/b28-23+. The van der Waals surface area contributed by atoms with Crippen molar-refractivity contribution >= 4 is 53.1 Å². The first kappa shape index (κ1) is 27.5. The van der Waals surface area contributed by atoms with Gasteiger partial charge in [0.25, 0.3) is 11.8 Å². The molecule has 4 amide bonds. The highest BCUT2D eigenvalue weighted by Gasteiger charge is 2.37. The molecule has 1 saturated heterocycles. The number of Topliss-reactive ketones (excluding diaryl/α,β-unsaturated/α-hetero) is 1. The second-order valence-electron chi connectivity index (χ2n) is 8.32. The first-order valence-electron chi connectivity index (χ1n) is 11.6. The first-order chi connectivity index (χ1) is 17.6. The van der Waals surface area contributed by atoms with Crippen molar-refractivity contribution in [2.45, 2.75) is 42.9 Å². The van der Waals surface area contributed by atoms with Crippen molar-refractivity contribution in [3.05, 3.63) is 65.2 Å². The molecule has 10 heteroatoms. The SMILES string of the molecule is CCCC/C(=N\OC(C)=O)C(=O)c1ccc(Sc2ccc(C=C3C(=O)N(C)C(=O)N(C)C3=O)cc2)cc1. The van der Waals surface area contributed by atoms with Gasteiger partial charge in [-0.15, -0.1) is 0 Å². The van der Waals surface area contributed by atoms with E-state index in [1.165, 1.54) is 38.9 Å². The Hall–Kier alpha value is -4.05. The quantitative estimate of drug-likeness (QED) is 0.119. The highest BCUT2D eigenvalue weighted by atomic mass is 32.2. The van der Waals surface area contributed by atoms with Gasteiger partial charge >= 0.3 is 12.0 Å². The van der Waals surface area contributed by atoms with E-state index in [0.717, 1.165) is 32.4 Å². The number of rotatable bonds is 9. The molecule has 9 nitrogen and oxygen atoms in total. The zero-order valence-corrected chi connectivity index (χ0v) is 21.8. The molecule has 1 heterocycles. The number of carbonyl (C=O) groups is 5. The van der Waals surface area contributed by atoms with Crippen LogP contribution in [0.25, 0.3) is 6.08 Å². The van der Waals surface area contributed by atoms with Gasteiger partial charge in [-0.25, -0.2) is 9.59 Å². The Kier molecular flexibility index (Phi) is 9.13. The van der Waals surface area contributed by atoms with Crippen LogP contribution in [-0.4, -0.2) is 59.2 Å². The van der Waals surface area contributed by atoms with Gasteiger partial charge in [-0.05, 0) is 60.9 Å². The number of imide groups is 2. The molecule has 0 unspecified atom stereocenters. The topological polar surface area (TPSA) is 113 Å². The molecule has 2 aromatic rings. The van der Waals surface area contributed by atoms with Crippen molar-refractivity contribution in [1.82, 2.24) is 9.80 Å². The molecule has 0 spiro atoms. The first-order valence-corrected chi connectivity index (χ1v) is 12.4. The van der Waals surface area contributed by atoms with Crippen LogP contribution in [0.1, 0.15) is 49.0 Å². The van der Waals surface area contributed by atoms with Gasteiger partial charge in [-0.1, -0.05) is 42.4 Å².